The van der Waals surface area contributed by atoms with Crippen LogP contribution in [0.2, 0.25) is 5.02 Å². The summed E-state index contributed by atoms with van der Waals surface area (Å²) in [6.45, 7) is 8.27. The molecule has 0 aliphatic rings. The molecule has 0 unspecified atom stereocenters. The van der Waals surface area contributed by atoms with Gasteiger partial charge in [0.05, 0.1) is 0 Å². The largest absolute Gasteiger partial charge is 0.361 e. The van der Waals surface area contributed by atoms with E-state index in [9.17, 15) is 0 Å². The lowest BCUT2D eigenvalue weighted by Crippen LogP contribution is -2.00. The van der Waals surface area contributed by atoms with Crippen LogP contribution in [0.1, 0.15) is 16.7 Å². The number of fused-ring (bicyclic) bond motifs is 1. The Morgan fingerprint density at radius 2 is 1.95 bits per heavy atom. The molecule has 0 spiro atoms. The minimum Gasteiger partial charge on any atom is -0.361 e. The van der Waals surface area contributed by atoms with Crippen LogP contribution in [0.5, 0.6) is 0 Å². The third kappa shape index (κ3) is 2.55. The maximum atomic E-state index is 6.27. The van der Waals surface area contributed by atoms with Crippen LogP contribution in [0.15, 0.2) is 49.2 Å². The average molecular weight is 297 g/mol. The molecule has 0 saturated heterocycles. The molecule has 2 N–H and O–H groups in total. The van der Waals surface area contributed by atoms with Crippen LogP contribution < -0.4 is 5.32 Å². The topological polar surface area (TPSA) is 27.8 Å². The highest BCUT2D eigenvalue weighted by atomic mass is 35.5. The van der Waals surface area contributed by atoms with E-state index in [1.54, 1.807) is 0 Å². The molecule has 3 rings (SSSR count). The van der Waals surface area contributed by atoms with Gasteiger partial charge in [-0.15, -0.1) is 0 Å². The van der Waals surface area contributed by atoms with Gasteiger partial charge in [0.25, 0.3) is 0 Å². The molecule has 21 heavy (non-hydrogen) atoms. The summed E-state index contributed by atoms with van der Waals surface area (Å²) in [5.41, 5.74) is 6.28. The van der Waals surface area contributed by atoms with Crippen LogP contribution in [-0.4, -0.2) is 4.98 Å². The highest BCUT2D eigenvalue weighted by Crippen LogP contribution is 2.29. The predicted molar refractivity (Wildman–Crippen MR) is 91.9 cm³/mol. The fourth-order valence-electron chi connectivity index (χ4n) is 2.52. The summed E-state index contributed by atoms with van der Waals surface area (Å²) < 4.78 is 0. The van der Waals surface area contributed by atoms with Gasteiger partial charge in [0, 0.05) is 39.1 Å². The monoisotopic (exact) mass is 296 g/mol. The van der Waals surface area contributed by atoms with Gasteiger partial charge in [-0.3, -0.25) is 0 Å². The molecule has 0 fully saturated rings. The molecule has 1 aromatic heterocycles. The number of hydrogen-bond donors (Lipinski definition) is 2. The van der Waals surface area contributed by atoms with Gasteiger partial charge in [0.2, 0.25) is 0 Å². The predicted octanol–water partition coefficient (Wildman–Crippen LogP) is 5.52. The van der Waals surface area contributed by atoms with E-state index < -0.39 is 0 Å². The number of aryl methyl sites for hydroxylation is 2. The van der Waals surface area contributed by atoms with Crippen LogP contribution in [0.3, 0.4) is 0 Å². The van der Waals surface area contributed by atoms with Gasteiger partial charge >= 0.3 is 0 Å². The standard InChI is InChI=1S/C18H17ClN2/c1-11-4-5-16(19)15(10-11)13(3)21-17-6-7-18-14(12(17)2)8-9-20-18/h4-10,20-21H,3H2,1-2H3. The second-order valence-electron chi connectivity index (χ2n) is 5.26. The van der Waals surface area contributed by atoms with E-state index >= 15 is 0 Å². The summed E-state index contributed by atoms with van der Waals surface area (Å²) in [4.78, 5) is 3.22. The molecule has 0 radical (unpaired) electrons. The normalized spacial score (nSPS) is 10.8. The Labute approximate surface area is 129 Å². The molecular formula is C18H17ClN2. The first-order valence-corrected chi connectivity index (χ1v) is 7.23. The van der Waals surface area contributed by atoms with E-state index in [2.05, 4.69) is 42.0 Å². The summed E-state index contributed by atoms with van der Waals surface area (Å²) in [5, 5.41) is 5.30. The van der Waals surface area contributed by atoms with E-state index in [1.165, 1.54) is 10.9 Å². The summed E-state index contributed by atoms with van der Waals surface area (Å²) >= 11 is 6.27. The van der Waals surface area contributed by atoms with Crippen molar-refractivity contribution in [1.29, 1.82) is 0 Å². The van der Waals surface area contributed by atoms with Gasteiger partial charge < -0.3 is 10.3 Å². The van der Waals surface area contributed by atoms with Crippen molar-refractivity contribution in [2.45, 2.75) is 13.8 Å². The number of rotatable bonds is 3. The van der Waals surface area contributed by atoms with E-state index in [1.807, 2.05) is 31.3 Å². The second kappa shape index (κ2) is 5.30. The lowest BCUT2D eigenvalue weighted by molar-refractivity contribution is 1.42. The average Bonchev–Trinajstić information content (AvgIpc) is 2.93. The number of benzene rings is 2. The number of nitrogens with one attached hydrogen (secondary N) is 2. The lowest BCUT2D eigenvalue weighted by Gasteiger charge is -2.14. The van der Waals surface area contributed by atoms with Crippen LogP contribution in [0.4, 0.5) is 5.69 Å². The molecule has 106 valence electrons. The second-order valence-corrected chi connectivity index (χ2v) is 5.67. The third-order valence-corrected chi connectivity index (χ3v) is 4.07. The maximum absolute atomic E-state index is 6.27. The van der Waals surface area contributed by atoms with Crippen LogP contribution in [0.25, 0.3) is 16.6 Å². The van der Waals surface area contributed by atoms with Gasteiger partial charge in [-0.05, 0) is 49.7 Å². The fraction of sp³-hybridized carbons (Fsp3) is 0.111. The van der Waals surface area contributed by atoms with E-state index in [-0.39, 0.29) is 0 Å². The zero-order valence-corrected chi connectivity index (χ0v) is 12.9. The quantitative estimate of drug-likeness (QED) is 0.654. The van der Waals surface area contributed by atoms with Crippen molar-refractivity contribution in [1.82, 2.24) is 4.98 Å². The molecule has 0 aliphatic heterocycles. The highest BCUT2D eigenvalue weighted by Gasteiger charge is 2.08. The SMILES string of the molecule is C=C(Nc1ccc2[nH]ccc2c1C)c1cc(C)ccc1Cl. The number of H-pyrrole nitrogens is 1. The first-order chi connectivity index (χ1) is 10.1. The smallest absolute Gasteiger partial charge is 0.0499 e. The number of halogens is 1. The number of hydrogen-bond acceptors (Lipinski definition) is 1. The van der Waals surface area contributed by atoms with Crippen molar-refractivity contribution in [3.63, 3.8) is 0 Å². The lowest BCUT2D eigenvalue weighted by atomic mass is 10.1. The van der Waals surface area contributed by atoms with Crippen LogP contribution >= 0.6 is 11.6 Å². The Morgan fingerprint density at radius 1 is 1.14 bits per heavy atom. The van der Waals surface area contributed by atoms with Gasteiger partial charge in [0.15, 0.2) is 0 Å². The molecule has 0 amide bonds. The zero-order valence-electron chi connectivity index (χ0n) is 12.1. The van der Waals surface area contributed by atoms with Crippen molar-refractivity contribution in [3.05, 3.63) is 70.9 Å². The first-order valence-electron chi connectivity index (χ1n) is 6.85. The number of aromatic amines is 1. The summed E-state index contributed by atoms with van der Waals surface area (Å²) in [6.07, 6.45) is 1.95. The Hall–Kier alpha value is -2.19. The van der Waals surface area contributed by atoms with E-state index in [4.69, 9.17) is 11.6 Å². The molecule has 0 aliphatic carbocycles. The molecular weight excluding hydrogens is 280 g/mol. The number of anilines is 1. The molecule has 3 heteroatoms. The fourth-order valence-corrected chi connectivity index (χ4v) is 2.75. The Kier molecular flexibility index (Phi) is 3.48. The Bertz CT molecular complexity index is 830. The van der Waals surface area contributed by atoms with Crippen LogP contribution in [0, 0.1) is 13.8 Å². The molecule has 0 atom stereocenters. The van der Waals surface area contributed by atoms with Crippen molar-refractivity contribution in [2.75, 3.05) is 5.32 Å². The molecule has 0 bridgehead atoms. The molecule has 2 nitrogen and oxygen atoms in total. The van der Waals surface area contributed by atoms with Crippen molar-refractivity contribution in [2.24, 2.45) is 0 Å². The third-order valence-electron chi connectivity index (χ3n) is 3.74. The number of aromatic nitrogens is 1. The van der Waals surface area contributed by atoms with Crippen molar-refractivity contribution in [3.8, 4) is 0 Å². The minimum absolute atomic E-state index is 0.707. The summed E-state index contributed by atoms with van der Waals surface area (Å²) in [5.74, 6) is 0. The van der Waals surface area contributed by atoms with E-state index in [0.717, 1.165) is 28.0 Å². The molecule has 0 saturated carbocycles. The van der Waals surface area contributed by atoms with Gasteiger partial charge in [-0.25, -0.2) is 0 Å². The van der Waals surface area contributed by atoms with Gasteiger partial charge in [-0.2, -0.15) is 0 Å². The molecule has 3 aromatic rings. The summed E-state index contributed by atoms with van der Waals surface area (Å²) in [6, 6.07) is 12.1. The van der Waals surface area contributed by atoms with E-state index in [0.29, 0.717) is 5.02 Å². The van der Waals surface area contributed by atoms with Crippen molar-refractivity contribution >= 4 is 33.9 Å². The van der Waals surface area contributed by atoms with Crippen molar-refractivity contribution < 1.29 is 0 Å². The first kappa shape index (κ1) is 13.8. The molecule has 1 heterocycles. The Morgan fingerprint density at radius 3 is 2.76 bits per heavy atom. The van der Waals surface area contributed by atoms with Crippen LogP contribution in [-0.2, 0) is 0 Å². The minimum atomic E-state index is 0.707. The maximum Gasteiger partial charge on any atom is 0.0499 e. The summed E-state index contributed by atoms with van der Waals surface area (Å²) in [7, 11) is 0. The Balaban J connectivity index is 1.96. The molecule has 2 aromatic carbocycles. The van der Waals surface area contributed by atoms with Gasteiger partial charge in [-0.1, -0.05) is 29.8 Å². The zero-order chi connectivity index (χ0) is 15.0. The highest BCUT2D eigenvalue weighted by molar-refractivity contribution is 6.32. The van der Waals surface area contributed by atoms with Gasteiger partial charge in [0.1, 0.15) is 0 Å².